The van der Waals surface area contributed by atoms with Gasteiger partial charge in [0.15, 0.2) is 0 Å². The first kappa shape index (κ1) is 19.5. The second-order valence-corrected chi connectivity index (χ2v) is 7.10. The Labute approximate surface area is 172 Å². The van der Waals surface area contributed by atoms with Gasteiger partial charge in [0.25, 0.3) is 5.91 Å². The molecule has 0 saturated carbocycles. The van der Waals surface area contributed by atoms with Gasteiger partial charge in [-0.2, -0.15) is 4.39 Å². The molecule has 1 aliphatic heterocycles. The molecule has 3 N–H and O–H groups in total. The number of nitrogens with two attached hydrogens (primary N) is 1. The first-order valence-electron chi connectivity index (χ1n) is 9.55. The third-order valence-electron chi connectivity index (χ3n) is 4.96. The lowest BCUT2D eigenvalue weighted by Gasteiger charge is -2.15. The number of benzene rings is 1. The molecule has 0 atom stereocenters. The van der Waals surface area contributed by atoms with Crippen LogP contribution in [0.25, 0.3) is 11.1 Å². The Morgan fingerprint density at radius 3 is 2.60 bits per heavy atom. The van der Waals surface area contributed by atoms with Gasteiger partial charge in [0, 0.05) is 37.5 Å². The van der Waals surface area contributed by atoms with Crippen molar-refractivity contribution < 1.29 is 14.0 Å². The number of rotatable bonds is 5. The van der Waals surface area contributed by atoms with Crippen molar-refractivity contribution in [2.24, 2.45) is 0 Å². The predicted octanol–water partition coefficient (Wildman–Crippen LogP) is 3.24. The number of hydrogen-bond donors (Lipinski definition) is 2. The molecule has 1 aliphatic rings. The number of nitrogen functional groups attached to an aromatic ring is 1. The molecule has 30 heavy (non-hydrogen) atoms. The number of aromatic nitrogens is 2. The van der Waals surface area contributed by atoms with Crippen LogP contribution < -0.4 is 11.1 Å². The second-order valence-electron chi connectivity index (χ2n) is 7.10. The second kappa shape index (κ2) is 8.28. The van der Waals surface area contributed by atoms with Gasteiger partial charge in [-0.25, -0.2) is 4.98 Å². The number of carbonyl (C=O) groups excluding carboxylic acids is 2. The zero-order valence-electron chi connectivity index (χ0n) is 16.1. The lowest BCUT2D eigenvalue weighted by Crippen LogP contribution is -2.24. The van der Waals surface area contributed by atoms with Gasteiger partial charge in [0.2, 0.25) is 11.9 Å². The van der Waals surface area contributed by atoms with Crippen LogP contribution in [0.15, 0.2) is 54.9 Å². The molecule has 2 amide bonds. The van der Waals surface area contributed by atoms with Gasteiger partial charge in [-0.1, -0.05) is 12.1 Å². The number of pyridine rings is 2. The van der Waals surface area contributed by atoms with E-state index >= 15 is 0 Å². The maximum Gasteiger partial charge on any atom is 0.274 e. The molecule has 1 saturated heterocycles. The fourth-order valence-electron chi connectivity index (χ4n) is 3.32. The van der Waals surface area contributed by atoms with Crippen LogP contribution in [0.3, 0.4) is 0 Å². The first-order valence-corrected chi connectivity index (χ1v) is 9.55. The number of hydrogen-bond acceptors (Lipinski definition) is 5. The fraction of sp³-hybridized carbons (Fsp3) is 0.182. The fourth-order valence-corrected chi connectivity index (χ4v) is 3.32. The summed E-state index contributed by atoms with van der Waals surface area (Å²) < 4.78 is 13.1. The van der Waals surface area contributed by atoms with Crippen LogP contribution in [0.4, 0.5) is 15.8 Å². The Kier molecular flexibility index (Phi) is 5.38. The van der Waals surface area contributed by atoms with Crippen LogP contribution in [0.2, 0.25) is 0 Å². The summed E-state index contributed by atoms with van der Waals surface area (Å²) in [5.74, 6) is -0.824. The monoisotopic (exact) mass is 405 g/mol. The van der Waals surface area contributed by atoms with Gasteiger partial charge in [0.05, 0.1) is 11.4 Å². The lowest BCUT2D eigenvalue weighted by atomic mass is 10.1. The van der Waals surface area contributed by atoms with Gasteiger partial charge < -0.3 is 16.0 Å². The molecule has 7 nitrogen and oxygen atoms in total. The number of anilines is 2. The minimum absolute atomic E-state index is 0.142. The molecule has 1 aromatic carbocycles. The van der Waals surface area contributed by atoms with Gasteiger partial charge in [0.1, 0.15) is 5.69 Å². The highest BCUT2D eigenvalue weighted by Gasteiger charge is 2.20. The van der Waals surface area contributed by atoms with Crippen molar-refractivity contribution >= 4 is 23.2 Å². The van der Waals surface area contributed by atoms with Crippen LogP contribution in [-0.2, 0) is 11.3 Å². The zero-order valence-corrected chi connectivity index (χ0v) is 16.1. The first-order chi connectivity index (χ1) is 14.5. The van der Waals surface area contributed by atoms with Gasteiger partial charge in [-0.05, 0) is 47.9 Å². The molecule has 2 aromatic heterocycles. The molecular formula is C22H20FN5O2. The van der Waals surface area contributed by atoms with Crippen LogP contribution in [-0.4, -0.2) is 33.2 Å². The molecule has 0 radical (unpaired) electrons. The number of halogens is 1. The van der Waals surface area contributed by atoms with E-state index in [9.17, 15) is 14.0 Å². The van der Waals surface area contributed by atoms with Crippen molar-refractivity contribution in [1.29, 1.82) is 0 Å². The largest absolute Gasteiger partial charge is 0.397 e. The maximum atomic E-state index is 13.1. The zero-order chi connectivity index (χ0) is 21.1. The van der Waals surface area contributed by atoms with Gasteiger partial charge in [-0.3, -0.25) is 14.6 Å². The summed E-state index contributed by atoms with van der Waals surface area (Å²) in [5.41, 5.74) is 9.36. The standard InChI is InChI=1S/C22H20FN5O2/c23-20-8-5-16(12-26-20)15-4-6-17(24)19(10-15)27-22(30)18-7-3-14(11-25-18)13-28-9-1-2-21(28)29/h3-8,10-12H,1-2,9,13,24H2,(H,27,30). The van der Waals surface area contributed by atoms with Crippen molar-refractivity contribution in [1.82, 2.24) is 14.9 Å². The summed E-state index contributed by atoms with van der Waals surface area (Å²) in [4.78, 5) is 34.0. The molecule has 0 aliphatic carbocycles. The molecule has 1 fully saturated rings. The SMILES string of the molecule is Nc1ccc(-c2ccc(F)nc2)cc1NC(=O)c1ccc(CN2CCCC2=O)cn1. The molecule has 4 rings (SSSR count). The van der Waals surface area contributed by atoms with E-state index < -0.39 is 11.9 Å². The van der Waals surface area contributed by atoms with E-state index in [4.69, 9.17) is 5.73 Å². The van der Waals surface area contributed by atoms with Crippen molar-refractivity contribution in [3.63, 3.8) is 0 Å². The molecule has 0 bridgehead atoms. The lowest BCUT2D eigenvalue weighted by molar-refractivity contribution is -0.128. The maximum absolute atomic E-state index is 13.1. The van der Waals surface area contributed by atoms with Crippen LogP contribution >= 0.6 is 0 Å². The smallest absolute Gasteiger partial charge is 0.274 e. The highest BCUT2D eigenvalue weighted by Crippen LogP contribution is 2.27. The Morgan fingerprint density at radius 1 is 1.10 bits per heavy atom. The summed E-state index contributed by atoms with van der Waals surface area (Å²) in [5, 5.41) is 2.76. The molecule has 152 valence electrons. The third-order valence-corrected chi connectivity index (χ3v) is 4.96. The van der Waals surface area contributed by atoms with Crippen LogP contribution in [0.1, 0.15) is 28.9 Å². The van der Waals surface area contributed by atoms with Crippen molar-refractivity contribution in [3.05, 3.63) is 72.1 Å². The molecule has 3 heterocycles. The van der Waals surface area contributed by atoms with Gasteiger partial charge in [-0.15, -0.1) is 0 Å². The van der Waals surface area contributed by atoms with E-state index in [2.05, 4.69) is 15.3 Å². The topological polar surface area (TPSA) is 101 Å². The Morgan fingerprint density at radius 2 is 1.93 bits per heavy atom. The minimum atomic E-state index is -0.564. The van der Waals surface area contributed by atoms with Crippen molar-refractivity contribution in [2.75, 3.05) is 17.6 Å². The minimum Gasteiger partial charge on any atom is -0.397 e. The summed E-state index contributed by atoms with van der Waals surface area (Å²) in [6.07, 6.45) is 4.48. The highest BCUT2D eigenvalue weighted by molar-refractivity contribution is 6.04. The number of likely N-dealkylation sites (tertiary alicyclic amines) is 1. The van der Waals surface area contributed by atoms with E-state index in [0.29, 0.717) is 29.9 Å². The molecule has 0 unspecified atom stereocenters. The quantitative estimate of drug-likeness (QED) is 0.501. The van der Waals surface area contributed by atoms with E-state index in [1.54, 1.807) is 47.5 Å². The Hall–Kier alpha value is -3.81. The third kappa shape index (κ3) is 4.27. The van der Waals surface area contributed by atoms with E-state index in [-0.39, 0.29) is 11.6 Å². The molecule has 0 spiro atoms. The Bertz CT molecular complexity index is 1080. The van der Waals surface area contributed by atoms with Crippen LogP contribution in [0.5, 0.6) is 0 Å². The van der Waals surface area contributed by atoms with E-state index in [1.807, 2.05) is 0 Å². The summed E-state index contributed by atoms with van der Waals surface area (Å²) in [6, 6.07) is 11.4. The summed E-state index contributed by atoms with van der Waals surface area (Å²) in [6.45, 7) is 1.24. The number of carbonyl (C=O) groups is 2. The molecular weight excluding hydrogens is 385 g/mol. The van der Waals surface area contributed by atoms with Crippen molar-refractivity contribution in [3.8, 4) is 11.1 Å². The number of nitrogens with zero attached hydrogens (tertiary/aromatic N) is 3. The Balaban J connectivity index is 1.47. The predicted molar refractivity (Wildman–Crippen MR) is 111 cm³/mol. The average molecular weight is 405 g/mol. The summed E-state index contributed by atoms with van der Waals surface area (Å²) >= 11 is 0. The van der Waals surface area contributed by atoms with E-state index in [1.165, 1.54) is 12.3 Å². The van der Waals surface area contributed by atoms with Crippen LogP contribution in [0, 0.1) is 5.95 Å². The molecule has 3 aromatic rings. The summed E-state index contributed by atoms with van der Waals surface area (Å²) in [7, 11) is 0. The number of amides is 2. The van der Waals surface area contributed by atoms with E-state index in [0.717, 1.165) is 24.1 Å². The average Bonchev–Trinajstić information content (AvgIpc) is 3.15. The molecule has 8 heteroatoms. The normalized spacial score (nSPS) is 13.5. The highest BCUT2D eigenvalue weighted by atomic mass is 19.1. The van der Waals surface area contributed by atoms with Gasteiger partial charge >= 0.3 is 0 Å². The number of nitrogens with one attached hydrogen (secondary N) is 1. The van der Waals surface area contributed by atoms with Crippen molar-refractivity contribution in [2.45, 2.75) is 19.4 Å².